The van der Waals surface area contributed by atoms with E-state index in [-0.39, 0.29) is 17.2 Å². The monoisotopic (exact) mass is 362 g/mol. The van der Waals surface area contributed by atoms with Crippen molar-refractivity contribution in [3.8, 4) is 5.69 Å². The minimum Gasteiger partial charge on any atom is -0.267 e. The molecule has 6 nitrogen and oxygen atoms in total. The molecule has 1 heterocycles. The van der Waals surface area contributed by atoms with Crippen molar-refractivity contribution >= 4 is 22.4 Å². The van der Waals surface area contributed by atoms with E-state index in [0.29, 0.717) is 16.5 Å². The standard InChI is InChI=1S/C21H22N4O2/c1-4-18(14(2)3)22-23-20(26)19-16-12-8-9-13-17(16)21(27)25(24-19)15-10-6-5-7-11-15/h5-14H,4H2,1-3H3,(H,23,26)/b22-18-. The van der Waals surface area contributed by atoms with Crippen LogP contribution in [0.5, 0.6) is 0 Å². The summed E-state index contributed by atoms with van der Waals surface area (Å²) in [5.41, 5.74) is 3.98. The Morgan fingerprint density at radius 2 is 1.70 bits per heavy atom. The maximum atomic E-state index is 12.8. The average molecular weight is 362 g/mol. The van der Waals surface area contributed by atoms with Crippen molar-refractivity contribution in [3.05, 3.63) is 70.6 Å². The highest BCUT2D eigenvalue weighted by Crippen LogP contribution is 2.15. The fourth-order valence-corrected chi connectivity index (χ4v) is 2.89. The molecule has 0 aliphatic rings. The predicted molar refractivity (Wildman–Crippen MR) is 107 cm³/mol. The molecule has 1 N–H and O–H groups in total. The van der Waals surface area contributed by atoms with Crippen LogP contribution in [0.15, 0.2) is 64.5 Å². The van der Waals surface area contributed by atoms with Crippen LogP contribution in [0.25, 0.3) is 16.5 Å². The van der Waals surface area contributed by atoms with Gasteiger partial charge in [0.05, 0.1) is 11.1 Å². The lowest BCUT2D eigenvalue weighted by molar-refractivity contribution is 0.0949. The molecular formula is C21H22N4O2. The SMILES string of the molecule is CC/C(=N/NC(=O)c1nn(-c2ccccc2)c(=O)c2ccccc12)C(C)C. The Bertz CT molecular complexity index is 1050. The van der Waals surface area contributed by atoms with Crippen LogP contribution < -0.4 is 11.0 Å². The first-order valence-corrected chi connectivity index (χ1v) is 8.97. The van der Waals surface area contributed by atoms with Crippen molar-refractivity contribution in [1.29, 1.82) is 0 Å². The van der Waals surface area contributed by atoms with Gasteiger partial charge in [0.25, 0.3) is 11.5 Å². The smallest absolute Gasteiger partial charge is 0.267 e. The van der Waals surface area contributed by atoms with Crippen LogP contribution in [0.4, 0.5) is 0 Å². The number of para-hydroxylation sites is 1. The molecule has 2 aromatic carbocycles. The van der Waals surface area contributed by atoms with Gasteiger partial charge < -0.3 is 0 Å². The van der Waals surface area contributed by atoms with Crippen LogP contribution in [0, 0.1) is 5.92 Å². The third-order valence-corrected chi connectivity index (χ3v) is 4.35. The molecule has 0 fully saturated rings. The van der Waals surface area contributed by atoms with E-state index < -0.39 is 5.91 Å². The Labute approximate surface area is 157 Å². The molecule has 3 rings (SSSR count). The zero-order chi connectivity index (χ0) is 19.4. The van der Waals surface area contributed by atoms with Crippen molar-refractivity contribution in [1.82, 2.24) is 15.2 Å². The van der Waals surface area contributed by atoms with Gasteiger partial charge in [0.2, 0.25) is 0 Å². The van der Waals surface area contributed by atoms with Crippen LogP contribution in [0.2, 0.25) is 0 Å². The van der Waals surface area contributed by atoms with Gasteiger partial charge in [-0.3, -0.25) is 9.59 Å². The van der Waals surface area contributed by atoms with Gasteiger partial charge in [-0.1, -0.05) is 57.2 Å². The molecule has 0 spiro atoms. The van der Waals surface area contributed by atoms with Crippen LogP contribution in [-0.2, 0) is 0 Å². The number of nitrogens with one attached hydrogen (secondary N) is 1. The zero-order valence-corrected chi connectivity index (χ0v) is 15.6. The molecule has 0 radical (unpaired) electrons. The Hall–Kier alpha value is -3.28. The summed E-state index contributed by atoms with van der Waals surface area (Å²) in [6.07, 6.45) is 0.746. The number of nitrogens with zero attached hydrogens (tertiary/aromatic N) is 3. The van der Waals surface area contributed by atoms with Crippen molar-refractivity contribution in [2.24, 2.45) is 11.0 Å². The van der Waals surface area contributed by atoms with Gasteiger partial charge in [0.1, 0.15) is 0 Å². The Morgan fingerprint density at radius 1 is 1.07 bits per heavy atom. The number of rotatable bonds is 5. The lowest BCUT2D eigenvalue weighted by Crippen LogP contribution is -2.28. The average Bonchev–Trinajstić information content (AvgIpc) is 2.69. The topological polar surface area (TPSA) is 76.3 Å². The summed E-state index contributed by atoms with van der Waals surface area (Å²) < 4.78 is 1.25. The van der Waals surface area contributed by atoms with Gasteiger partial charge in [0, 0.05) is 11.1 Å². The van der Waals surface area contributed by atoms with Gasteiger partial charge in [-0.15, -0.1) is 0 Å². The lowest BCUT2D eigenvalue weighted by atomic mass is 10.1. The summed E-state index contributed by atoms with van der Waals surface area (Å²) in [5.74, 6) is -0.208. The van der Waals surface area contributed by atoms with E-state index in [4.69, 9.17) is 0 Å². The number of carbonyl (C=O) groups excluding carboxylic acids is 1. The largest absolute Gasteiger partial charge is 0.292 e. The second kappa shape index (κ2) is 7.95. The Kier molecular flexibility index (Phi) is 5.45. The van der Waals surface area contributed by atoms with Crippen LogP contribution in [0.1, 0.15) is 37.7 Å². The maximum absolute atomic E-state index is 12.8. The molecule has 0 unspecified atom stereocenters. The molecule has 0 saturated carbocycles. The predicted octanol–water partition coefficient (Wildman–Crippen LogP) is 3.54. The number of hydrazone groups is 1. The highest BCUT2D eigenvalue weighted by molar-refractivity contribution is 6.05. The van der Waals surface area contributed by atoms with E-state index in [2.05, 4.69) is 15.6 Å². The number of fused-ring (bicyclic) bond motifs is 1. The Morgan fingerprint density at radius 3 is 2.33 bits per heavy atom. The van der Waals surface area contributed by atoms with Gasteiger partial charge in [-0.2, -0.15) is 14.9 Å². The lowest BCUT2D eigenvalue weighted by Gasteiger charge is -2.11. The van der Waals surface area contributed by atoms with E-state index in [1.807, 2.05) is 39.0 Å². The van der Waals surface area contributed by atoms with Gasteiger partial charge in [-0.25, -0.2) is 5.43 Å². The molecule has 0 aliphatic carbocycles. The third kappa shape index (κ3) is 3.79. The minimum atomic E-state index is -0.442. The first kappa shape index (κ1) is 18.5. The number of carbonyl (C=O) groups is 1. The minimum absolute atomic E-state index is 0.164. The fourth-order valence-electron chi connectivity index (χ4n) is 2.89. The van der Waals surface area contributed by atoms with Crippen molar-refractivity contribution in [3.63, 3.8) is 0 Å². The molecule has 138 valence electrons. The highest BCUT2D eigenvalue weighted by Gasteiger charge is 2.17. The second-order valence-corrected chi connectivity index (χ2v) is 6.50. The highest BCUT2D eigenvalue weighted by atomic mass is 16.2. The van der Waals surface area contributed by atoms with E-state index >= 15 is 0 Å². The molecule has 0 aliphatic heterocycles. The second-order valence-electron chi connectivity index (χ2n) is 6.50. The zero-order valence-electron chi connectivity index (χ0n) is 15.6. The van der Waals surface area contributed by atoms with E-state index in [0.717, 1.165) is 12.1 Å². The summed E-state index contributed by atoms with van der Waals surface area (Å²) in [5, 5.41) is 9.52. The quantitative estimate of drug-likeness (QED) is 0.557. The molecule has 3 aromatic rings. The van der Waals surface area contributed by atoms with Gasteiger partial charge >= 0.3 is 0 Å². The van der Waals surface area contributed by atoms with Gasteiger partial charge in [0.15, 0.2) is 5.69 Å². The molecule has 6 heteroatoms. The normalized spacial score (nSPS) is 11.8. The van der Waals surface area contributed by atoms with Crippen molar-refractivity contribution < 1.29 is 4.79 Å². The van der Waals surface area contributed by atoms with E-state index in [1.54, 1.807) is 36.4 Å². The number of benzene rings is 2. The van der Waals surface area contributed by atoms with Crippen LogP contribution in [-0.4, -0.2) is 21.4 Å². The summed E-state index contributed by atoms with van der Waals surface area (Å²) >= 11 is 0. The summed E-state index contributed by atoms with van der Waals surface area (Å²) in [6.45, 7) is 6.05. The van der Waals surface area contributed by atoms with Gasteiger partial charge in [-0.05, 0) is 30.5 Å². The number of aromatic nitrogens is 2. The molecule has 0 saturated heterocycles. The van der Waals surface area contributed by atoms with Crippen molar-refractivity contribution in [2.45, 2.75) is 27.2 Å². The Balaban J connectivity index is 2.13. The molecule has 1 aromatic heterocycles. The van der Waals surface area contributed by atoms with E-state index in [9.17, 15) is 9.59 Å². The molecule has 1 amide bonds. The molecular weight excluding hydrogens is 340 g/mol. The van der Waals surface area contributed by atoms with E-state index in [1.165, 1.54) is 4.68 Å². The van der Waals surface area contributed by atoms with Crippen LogP contribution in [0.3, 0.4) is 0 Å². The molecule has 0 atom stereocenters. The molecule has 0 bridgehead atoms. The fraction of sp³-hybridized carbons (Fsp3) is 0.238. The third-order valence-electron chi connectivity index (χ3n) is 4.35. The van der Waals surface area contributed by atoms with Crippen molar-refractivity contribution in [2.75, 3.05) is 0 Å². The summed E-state index contributed by atoms with van der Waals surface area (Å²) in [6, 6.07) is 16.0. The number of amides is 1. The number of hydrogen-bond donors (Lipinski definition) is 1. The summed E-state index contributed by atoms with van der Waals surface area (Å²) in [4.78, 5) is 25.6. The first-order valence-electron chi connectivity index (χ1n) is 8.97. The summed E-state index contributed by atoms with van der Waals surface area (Å²) in [7, 11) is 0. The van der Waals surface area contributed by atoms with Crippen LogP contribution >= 0.6 is 0 Å². The maximum Gasteiger partial charge on any atom is 0.292 e. The first-order chi connectivity index (χ1) is 13.0. The number of hydrogen-bond acceptors (Lipinski definition) is 4. The molecule has 27 heavy (non-hydrogen) atoms.